The minimum Gasteiger partial charge on any atom is -0.467 e. The molecular formula is C26H30N2O5. The Kier molecular flexibility index (Phi) is 7.63. The zero-order valence-electron chi connectivity index (χ0n) is 19.5. The molecule has 0 spiro atoms. The molecule has 7 nitrogen and oxygen atoms in total. The van der Waals surface area contributed by atoms with Crippen molar-refractivity contribution in [2.45, 2.75) is 45.3 Å². The smallest absolute Gasteiger partial charge is 0.417 e. The van der Waals surface area contributed by atoms with Gasteiger partial charge in [-0.05, 0) is 33.6 Å². The first-order valence-electron chi connectivity index (χ1n) is 11.0. The van der Waals surface area contributed by atoms with Crippen molar-refractivity contribution in [3.05, 3.63) is 71.8 Å². The van der Waals surface area contributed by atoms with E-state index < -0.39 is 29.6 Å². The molecular weight excluding hydrogens is 420 g/mol. The van der Waals surface area contributed by atoms with Crippen molar-refractivity contribution in [2.24, 2.45) is 10.9 Å². The Morgan fingerprint density at radius 2 is 1.58 bits per heavy atom. The molecule has 0 saturated carbocycles. The fourth-order valence-electron chi connectivity index (χ4n) is 3.73. The van der Waals surface area contributed by atoms with Gasteiger partial charge in [0, 0.05) is 23.6 Å². The lowest BCUT2D eigenvalue weighted by atomic mass is 9.97. The van der Waals surface area contributed by atoms with Crippen molar-refractivity contribution in [1.82, 2.24) is 4.90 Å². The molecule has 1 fully saturated rings. The highest BCUT2D eigenvalue weighted by atomic mass is 16.6. The van der Waals surface area contributed by atoms with Crippen LogP contribution in [0.4, 0.5) is 4.79 Å². The number of imide groups is 1. The molecule has 1 unspecified atom stereocenters. The van der Waals surface area contributed by atoms with Gasteiger partial charge in [0.2, 0.25) is 5.91 Å². The summed E-state index contributed by atoms with van der Waals surface area (Å²) in [5, 5.41) is 0. The van der Waals surface area contributed by atoms with Gasteiger partial charge in [-0.2, -0.15) is 0 Å². The van der Waals surface area contributed by atoms with Crippen molar-refractivity contribution in [1.29, 1.82) is 0 Å². The van der Waals surface area contributed by atoms with Gasteiger partial charge < -0.3 is 9.47 Å². The van der Waals surface area contributed by atoms with E-state index >= 15 is 0 Å². The molecule has 2 amide bonds. The first kappa shape index (κ1) is 24.2. The van der Waals surface area contributed by atoms with Crippen molar-refractivity contribution in [3.63, 3.8) is 0 Å². The van der Waals surface area contributed by atoms with Gasteiger partial charge in [0.1, 0.15) is 11.6 Å². The number of carbonyl (C=O) groups is 3. The number of likely N-dealkylation sites (tertiary alicyclic amines) is 1. The summed E-state index contributed by atoms with van der Waals surface area (Å²) >= 11 is 0. The van der Waals surface area contributed by atoms with Crippen molar-refractivity contribution in [2.75, 3.05) is 13.7 Å². The van der Waals surface area contributed by atoms with Gasteiger partial charge in [0.05, 0.1) is 12.8 Å². The summed E-state index contributed by atoms with van der Waals surface area (Å²) in [7, 11) is 1.30. The molecule has 1 aliphatic rings. The average Bonchev–Trinajstić information content (AvgIpc) is 3.16. The molecule has 7 heteroatoms. The van der Waals surface area contributed by atoms with Gasteiger partial charge in [0.15, 0.2) is 0 Å². The predicted octanol–water partition coefficient (Wildman–Crippen LogP) is 4.24. The van der Waals surface area contributed by atoms with Gasteiger partial charge in [-0.15, -0.1) is 0 Å². The Bertz CT molecular complexity index is 970. The van der Waals surface area contributed by atoms with Crippen molar-refractivity contribution in [3.8, 4) is 0 Å². The number of esters is 1. The van der Waals surface area contributed by atoms with Crippen LogP contribution in [0, 0.1) is 5.92 Å². The maximum absolute atomic E-state index is 12.9. The number of rotatable bonds is 6. The quantitative estimate of drug-likeness (QED) is 0.485. The number of carbonyl (C=O) groups excluding carboxylic acids is 3. The molecule has 0 aliphatic carbocycles. The second kappa shape index (κ2) is 10.4. The van der Waals surface area contributed by atoms with E-state index in [4.69, 9.17) is 14.5 Å². The van der Waals surface area contributed by atoms with Crippen LogP contribution in [0.3, 0.4) is 0 Å². The minimum absolute atomic E-state index is 0.147. The summed E-state index contributed by atoms with van der Waals surface area (Å²) in [6.07, 6.45) is -0.0801. The number of methoxy groups -OCH3 is 1. The van der Waals surface area contributed by atoms with Crippen LogP contribution < -0.4 is 0 Å². The van der Waals surface area contributed by atoms with Crippen LogP contribution in [0.2, 0.25) is 0 Å². The van der Waals surface area contributed by atoms with Gasteiger partial charge in [0.25, 0.3) is 0 Å². The van der Waals surface area contributed by atoms with Gasteiger partial charge in [-0.1, -0.05) is 60.7 Å². The topological polar surface area (TPSA) is 85.3 Å². The molecule has 0 radical (unpaired) electrons. The lowest BCUT2D eigenvalue weighted by Crippen LogP contribution is -2.39. The molecule has 3 rings (SSSR count). The van der Waals surface area contributed by atoms with Crippen LogP contribution in [0.1, 0.15) is 44.7 Å². The van der Waals surface area contributed by atoms with Crippen LogP contribution in [-0.2, 0) is 19.1 Å². The first-order chi connectivity index (χ1) is 15.7. The third-order valence-electron chi connectivity index (χ3n) is 5.29. The highest BCUT2D eigenvalue weighted by Crippen LogP contribution is 2.27. The number of hydrogen-bond acceptors (Lipinski definition) is 6. The number of ether oxygens (including phenoxy) is 2. The van der Waals surface area contributed by atoms with E-state index in [2.05, 4.69) is 0 Å². The summed E-state index contributed by atoms with van der Waals surface area (Å²) in [6.45, 7) is 5.50. The second-order valence-corrected chi connectivity index (χ2v) is 8.94. The highest BCUT2D eigenvalue weighted by molar-refractivity contribution is 6.13. The minimum atomic E-state index is -0.891. The predicted molar refractivity (Wildman–Crippen MR) is 125 cm³/mol. The SMILES string of the molecule is COC(=O)[C@H](CC1CCN(C(=O)OC(C)(C)C)C1=O)N=C(c1ccccc1)c1ccccc1. The van der Waals surface area contributed by atoms with E-state index in [1.54, 1.807) is 20.8 Å². The summed E-state index contributed by atoms with van der Waals surface area (Å²) in [4.78, 5) is 43.9. The lowest BCUT2D eigenvalue weighted by molar-refractivity contribution is -0.142. The zero-order chi connectivity index (χ0) is 24.0. The zero-order valence-corrected chi connectivity index (χ0v) is 19.5. The van der Waals surface area contributed by atoms with E-state index in [0.717, 1.165) is 16.0 Å². The lowest BCUT2D eigenvalue weighted by Gasteiger charge is -2.23. The van der Waals surface area contributed by atoms with Crippen LogP contribution >= 0.6 is 0 Å². The molecule has 0 bridgehead atoms. The van der Waals surface area contributed by atoms with E-state index in [9.17, 15) is 14.4 Å². The maximum Gasteiger partial charge on any atom is 0.417 e. The monoisotopic (exact) mass is 450 g/mol. The second-order valence-electron chi connectivity index (χ2n) is 8.94. The molecule has 1 aliphatic heterocycles. The molecule has 0 aromatic heterocycles. The molecule has 1 heterocycles. The Morgan fingerprint density at radius 1 is 1.03 bits per heavy atom. The number of benzene rings is 2. The standard InChI is InChI=1S/C26H30N2O5/c1-26(2,3)33-25(31)28-16-15-20(23(28)29)17-21(24(30)32-4)27-22(18-11-7-5-8-12-18)19-13-9-6-10-14-19/h5-14,20-21H,15-17H2,1-4H3/t20?,21-/m0/s1. The van der Waals surface area contributed by atoms with Gasteiger partial charge in [-0.25, -0.2) is 14.5 Å². The number of nitrogens with zero attached hydrogens (tertiary/aromatic N) is 2. The van der Waals surface area contributed by atoms with Gasteiger partial charge in [-0.3, -0.25) is 9.79 Å². The Balaban J connectivity index is 1.88. The Morgan fingerprint density at radius 3 is 2.06 bits per heavy atom. The van der Waals surface area contributed by atoms with Gasteiger partial charge >= 0.3 is 12.1 Å². The molecule has 1 saturated heterocycles. The molecule has 2 atom stereocenters. The molecule has 2 aromatic rings. The molecule has 33 heavy (non-hydrogen) atoms. The normalized spacial score (nSPS) is 16.8. The third kappa shape index (κ3) is 6.28. The Labute approximate surface area is 194 Å². The molecule has 0 N–H and O–H groups in total. The Hall–Kier alpha value is -3.48. The summed E-state index contributed by atoms with van der Waals surface area (Å²) in [6, 6.07) is 18.2. The van der Waals surface area contributed by atoms with E-state index in [1.165, 1.54) is 7.11 Å². The summed E-state index contributed by atoms with van der Waals surface area (Å²) in [5.74, 6) is -1.41. The number of aliphatic imine (C=N–C) groups is 1. The number of amides is 2. The van der Waals surface area contributed by atoms with Crippen molar-refractivity contribution < 1.29 is 23.9 Å². The van der Waals surface area contributed by atoms with Crippen LogP contribution in [0.25, 0.3) is 0 Å². The van der Waals surface area contributed by atoms with E-state index in [0.29, 0.717) is 12.1 Å². The van der Waals surface area contributed by atoms with E-state index in [-0.39, 0.29) is 18.9 Å². The van der Waals surface area contributed by atoms with Crippen LogP contribution in [-0.4, -0.2) is 53.9 Å². The van der Waals surface area contributed by atoms with Crippen LogP contribution in [0.5, 0.6) is 0 Å². The maximum atomic E-state index is 12.9. The largest absolute Gasteiger partial charge is 0.467 e. The third-order valence-corrected chi connectivity index (χ3v) is 5.29. The highest BCUT2D eigenvalue weighted by Gasteiger charge is 2.40. The molecule has 2 aromatic carbocycles. The molecule has 174 valence electrons. The fourth-order valence-corrected chi connectivity index (χ4v) is 3.73. The summed E-state index contributed by atoms with van der Waals surface area (Å²) in [5.41, 5.74) is 1.65. The summed E-state index contributed by atoms with van der Waals surface area (Å²) < 4.78 is 10.3. The van der Waals surface area contributed by atoms with Crippen LogP contribution in [0.15, 0.2) is 65.7 Å². The van der Waals surface area contributed by atoms with Crippen molar-refractivity contribution >= 4 is 23.7 Å². The number of hydrogen-bond donors (Lipinski definition) is 0. The average molecular weight is 451 g/mol. The fraction of sp³-hybridized carbons (Fsp3) is 0.385. The van der Waals surface area contributed by atoms with E-state index in [1.807, 2.05) is 60.7 Å². The first-order valence-corrected chi connectivity index (χ1v) is 11.0.